The lowest BCUT2D eigenvalue weighted by molar-refractivity contribution is -0.137. The number of aliphatic hydroxyl groups is 1. The van der Waals surface area contributed by atoms with Crippen molar-refractivity contribution in [2.45, 2.75) is 24.9 Å². The molecule has 0 spiro atoms. The summed E-state index contributed by atoms with van der Waals surface area (Å²) in [6.45, 7) is 0.448. The van der Waals surface area contributed by atoms with E-state index in [9.17, 15) is 27.6 Å². The van der Waals surface area contributed by atoms with Gasteiger partial charge in [0.05, 0.1) is 16.9 Å². The lowest BCUT2D eigenvalue weighted by atomic mass is 10.1. The van der Waals surface area contributed by atoms with E-state index in [1.165, 1.54) is 6.07 Å². The molecule has 0 unspecified atom stereocenters. The third kappa shape index (κ3) is 13.2. The monoisotopic (exact) mass is 717 g/mol. The quantitative estimate of drug-likeness (QED) is 0.0821. The number of ether oxygens (including phenoxy) is 1. The third-order valence-electron chi connectivity index (χ3n) is 6.89. The number of benzene rings is 4. The molecule has 4 aromatic carbocycles. The van der Waals surface area contributed by atoms with Gasteiger partial charge in [0.1, 0.15) is 24.1 Å². The van der Waals surface area contributed by atoms with Crippen molar-refractivity contribution in [3.63, 3.8) is 0 Å². The van der Waals surface area contributed by atoms with Crippen LogP contribution >= 0.6 is 11.8 Å². The number of aldehydes is 2. The summed E-state index contributed by atoms with van der Waals surface area (Å²) in [4.78, 5) is 39.4. The van der Waals surface area contributed by atoms with Crippen LogP contribution in [0.2, 0.25) is 0 Å². The second-order valence-electron chi connectivity index (χ2n) is 10.6. The molecule has 0 radical (unpaired) electrons. The lowest BCUT2D eigenvalue weighted by Crippen LogP contribution is -2.13. The summed E-state index contributed by atoms with van der Waals surface area (Å²) < 4.78 is 42.5. The van der Waals surface area contributed by atoms with Gasteiger partial charge >= 0.3 is 6.18 Å². The molecule has 1 amide bonds. The molecule has 266 valence electrons. The van der Waals surface area contributed by atoms with E-state index in [0.29, 0.717) is 63.9 Å². The number of nitrogens with zero attached hydrogens (tertiary/aromatic N) is 1. The van der Waals surface area contributed by atoms with Crippen LogP contribution in [0.4, 0.5) is 18.9 Å². The summed E-state index contributed by atoms with van der Waals surface area (Å²) in [5.74, 6) is 2.44. The minimum atomic E-state index is -4.25. The van der Waals surface area contributed by atoms with E-state index in [4.69, 9.17) is 9.84 Å². The molecule has 1 aromatic heterocycles. The van der Waals surface area contributed by atoms with Gasteiger partial charge in [-0.05, 0) is 78.8 Å². The van der Waals surface area contributed by atoms with Gasteiger partial charge in [-0.1, -0.05) is 48.5 Å². The Morgan fingerprint density at radius 3 is 2.31 bits per heavy atom. The van der Waals surface area contributed by atoms with Gasteiger partial charge in [-0.15, -0.1) is 0 Å². The highest BCUT2D eigenvalue weighted by Crippen LogP contribution is 2.34. The molecular formula is C39H38F3N3O5S. The average molecular weight is 718 g/mol. The molecule has 5 aromatic rings. The zero-order valence-corrected chi connectivity index (χ0v) is 28.8. The van der Waals surface area contributed by atoms with Crippen molar-refractivity contribution in [2.75, 3.05) is 25.2 Å². The second kappa shape index (κ2) is 21.0. The smallest absolute Gasteiger partial charge is 0.416 e. The first-order valence-corrected chi connectivity index (χ1v) is 16.8. The van der Waals surface area contributed by atoms with Crippen LogP contribution in [0.3, 0.4) is 0 Å². The SMILES string of the molecule is CNCc1cccc(C(F)(F)F)c1.CO.O=CCCSCc1cccc(C(=O)Nc2ccc(Oc3ccccc3)cc2-c2cc(C=O)ccn2)c1. The van der Waals surface area contributed by atoms with Crippen LogP contribution in [0.1, 0.15) is 43.8 Å². The minimum Gasteiger partial charge on any atom is -0.457 e. The summed E-state index contributed by atoms with van der Waals surface area (Å²) in [6, 6.07) is 30.7. The average Bonchev–Trinajstić information content (AvgIpc) is 3.15. The van der Waals surface area contributed by atoms with E-state index >= 15 is 0 Å². The minimum absolute atomic E-state index is 0.265. The Balaban J connectivity index is 0.000000393. The molecule has 0 atom stereocenters. The predicted molar refractivity (Wildman–Crippen MR) is 195 cm³/mol. The molecule has 8 nitrogen and oxygen atoms in total. The van der Waals surface area contributed by atoms with E-state index in [0.717, 1.165) is 43.1 Å². The van der Waals surface area contributed by atoms with Gasteiger partial charge in [0.15, 0.2) is 0 Å². The summed E-state index contributed by atoms with van der Waals surface area (Å²) in [7, 11) is 2.69. The molecule has 0 saturated carbocycles. The van der Waals surface area contributed by atoms with Gasteiger partial charge in [0.25, 0.3) is 5.91 Å². The van der Waals surface area contributed by atoms with Gasteiger partial charge in [-0.3, -0.25) is 14.6 Å². The molecule has 12 heteroatoms. The highest BCUT2D eigenvalue weighted by atomic mass is 32.2. The predicted octanol–water partition coefficient (Wildman–Crippen LogP) is 8.46. The van der Waals surface area contributed by atoms with Crippen molar-refractivity contribution in [3.8, 4) is 22.8 Å². The van der Waals surface area contributed by atoms with E-state index < -0.39 is 11.7 Å². The number of amides is 1. The molecule has 0 bridgehead atoms. The van der Waals surface area contributed by atoms with Gasteiger partial charge in [-0.2, -0.15) is 24.9 Å². The fraction of sp³-hybridized carbons (Fsp3) is 0.179. The van der Waals surface area contributed by atoms with E-state index in [1.807, 2.05) is 48.5 Å². The first-order valence-electron chi connectivity index (χ1n) is 15.7. The Bertz CT molecular complexity index is 1860. The normalized spacial score (nSPS) is 10.5. The van der Waals surface area contributed by atoms with Crippen LogP contribution in [0.5, 0.6) is 11.5 Å². The molecule has 0 fully saturated rings. The number of hydrogen-bond acceptors (Lipinski definition) is 8. The highest BCUT2D eigenvalue weighted by Gasteiger charge is 2.30. The maximum absolute atomic E-state index is 13.2. The summed E-state index contributed by atoms with van der Waals surface area (Å²) in [5, 5.41) is 12.8. The van der Waals surface area contributed by atoms with Crippen LogP contribution in [-0.2, 0) is 23.3 Å². The van der Waals surface area contributed by atoms with Crippen LogP contribution < -0.4 is 15.4 Å². The fourth-order valence-corrected chi connectivity index (χ4v) is 5.40. The van der Waals surface area contributed by atoms with Crippen LogP contribution in [-0.4, -0.2) is 48.5 Å². The zero-order valence-electron chi connectivity index (χ0n) is 28.0. The van der Waals surface area contributed by atoms with Crippen molar-refractivity contribution >= 4 is 35.9 Å². The van der Waals surface area contributed by atoms with E-state index in [1.54, 1.807) is 67.5 Å². The highest BCUT2D eigenvalue weighted by molar-refractivity contribution is 7.98. The van der Waals surface area contributed by atoms with Crippen molar-refractivity contribution in [1.82, 2.24) is 10.3 Å². The Morgan fingerprint density at radius 2 is 1.61 bits per heavy atom. The molecule has 3 N–H and O–H groups in total. The molecule has 0 aliphatic rings. The van der Waals surface area contributed by atoms with Gasteiger partial charge < -0.3 is 25.3 Å². The maximum atomic E-state index is 13.2. The van der Waals surface area contributed by atoms with Gasteiger partial charge in [0.2, 0.25) is 0 Å². The van der Waals surface area contributed by atoms with Crippen molar-refractivity contribution < 1.29 is 37.4 Å². The number of carbonyl (C=O) groups excluding carboxylic acids is 3. The van der Waals surface area contributed by atoms with Crippen molar-refractivity contribution in [2.24, 2.45) is 0 Å². The Morgan fingerprint density at radius 1 is 0.863 bits per heavy atom. The van der Waals surface area contributed by atoms with Crippen molar-refractivity contribution in [3.05, 3.63) is 143 Å². The number of halogens is 3. The topological polar surface area (TPSA) is 118 Å². The summed E-state index contributed by atoms with van der Waals surface area (Å²) >= 11 is 1.65. The van der Waals surface area contributed by atoms with E-state index in [2.05, 4.69) is 15.6 Å². The number of nitrogens with one attached hydrogen (secondary N) is 2. The number of anilines is 1. The largest absolute Gasteiger partial charge is 0.457 e. The third-order valence-corrected chi connectivity index (χ3v) is 7.95. The molecule has 0 saturated heterocycles. The first kappa shape index (κ1) is 40.1. The molecule has 0 aliphatic carbocycles. The standard InChI is InChI=1S/C29H24N2O4S.C9H10F3N.CH4O/c32-14-5-15-36-20-22-6-4-7-23(16-22)29(34)31-27-11-10-25(35-24-8-2-1-3-9-24)18-26(27)28-17-21(19-33)12-13-30-28;1-13-6-7-3-2-4-8(5-7)9(10,11)12;1-2/h1-4,6-14,16-19H,5,15,20H2,(H,31,34);2-5,13H,6H2,1H3;2H,1H3. The number of thioether (sulfide) groups is 1. The Kier molecular flexibility index (Phi) is 16.6. The number of hydrogen-bond donors (Lipinski definition) is 3. The molecule has 5 rings (SSSR count). The molecule has 0 aliphatic heterocycles. The first-order chi connectivity index (χ1) is 24.7. The number of aliphatic hydroxyl groups excluding tert-OH is 1. The van der Waals surface area contributed by atoms with Crippen LogP contribution in [0.15, 0.2) is 115 Å². The Hall–Kier alpha value is -5.30. The summed E-state index contributed by atoms with van der Waals surface area (Å²) in [5.41, 5.74) is 3.75. The van der Waals surface area contributed by atoms with Gasteiger partial charge in [0, 0.05) is 54.5 Å². The number of aromatic nitrogens is 1. The van der Waals surface area contributed by atoms with Gasteiger partial charge in [-0.25, -0.2) is 0 Å². The lowest BCUT2D eigenvalue weighted by Gasteiger charge is -2.14. The van der Waals surface area contributed by atoms with Crippen LogP contribution in [0, 0.1) is 0 Å². The second-order valence-corrected chi connectivity index (χ2v) is 11.7. The van der Waals surface area contributed by atoms with Crippen molar-refractivity contribution in [1.29, 1.82) is 0 Å². The zero-order chi connectivity index (χ0) is 37.1. The maximum Gasteiger partial charge on any atom is 0.416 e. The number of rotatable bonds is 13. The molecule has 1 heterocycles. The summed E-state index contributed by atoms with van der Waals surface area (Å²) in [6.07, 6.45) is -0.515. The Labute approximate surface area is 299 Å². The number of pyridine rings is 1. The van der Waals surface area contributed by atoms with Crippen LogP contribution in [0.25, 0.3) is 11.3 Å². The number of alkyl halides is 3. The molecular weight excluding hydrogens is 680 g/mol. The fourth-order valence-electron chi connectivity index (χ4n) is 4.58. The number of para-hydroxylation sites is 1. The molecule has 51 heavy (non-hydrogen) atoms. The van der Waals surface area contributed by atoms with E-state index in [-0.39, 0.29) is 5.91 Å². The number of carbonyl (C=O) groups is 3.